The molecule has 1 aromatic carbocycles. The van der Waals surface area contributed by atoms with E-state index in [1.165, 1.54) is 19.1 Å². The van der Waals surface area contributed by atoms with E-state index < -0.39 is 41.0 Å². The third-order valence-electron chi connectivity index (χ3n) is 4.19. The fourth-order valence-electron chi connectivity index (χ4n) is 2.81. The Morgan fingerprint density at radius 3 is 2.50 bits per heavy atom. The summed E-state index contributed by atoms with van der Waals surface area (Å²) in [5.74, 6) is -2.21. The summed E-state index contributed by atoms with van der Waals surface area (Å²) in [5, 5.41) is 11.7. The lowest BCUT2D eigenvalue weighted by Gasteiger charge is -2.37. The van der Waals surface area contributed by atoms with Gasteiger partial charge in [-0.2, -0.15) is 13.2 Å². The maximum Gasteiger partial charge on any atom is 0.419 e. The summed E-state index contributed by atoms with van der Waals surface area (Å²) < 4.78 is 49.5. The number of amides is 1. The number of carbonyl (C=O) groups is 2. The zero-order chi connectivity index (χ0) is 19.4. The molecule has 26 heavy (non-hydrogen) atoms. The monoisotopic (exact) mass is 375 g/mol. The Kier molecular flexibility index (Phi) is 6.12. The van der Waals surface area contributed by atoms with Crippen LogP contribution in [0.2, 0.25) is 0 Å². The van der Waals surface area contributed by atoms with Crippen molar-refractivity contribution in [2.24, 2.45) is 0 Å². The molecule has 2 rings (SSSR count). The van der Waals surface area contributed by atoms with Crippen molar-refractivity contribution in [2.45, 2.75) is 44.0 Å². The molecule has 0 spiro atoms. The van der Waals surface area contributed by atoms with Crippen molar-refractivity contribution in [3.05, 3.63) is 29.8 Å². The number of benzene rings is 1. The standard InChI is InChI=1S/C17H20F3NO5/c1-11(26-13-5-3-2-4-12(13)17(18,19)20)15(24)21-16(10-14(22)23)6-8-25-9-7-16/h2-5,11H,6-10H2,1H3,(H,21,24)(H,22,23). The molecular formula is C17H20F3NO5. The molecule has 1 aromatic rings. The summed E-state index contributed by atoms with van der Waals surface area (Å²) in [5.41, 5.74) is -1.98. The predicted octanol–water partition coefficient (Wildman–Crippen LogP) is 2.61. The number of aliphatic carboxylic acids is 1. The quantitative estimate of drug-likeness (QED) is 0.799. The minimum Gasteiger partial charge on any atom is -0.481 e. The number of nitrogens with one attached hydrogen (secondary N) is 1. The van der Waals surface area contributed by atoms with Gasteiger partial charge in [-0.15, -0.1) is 0 Å². The molecular weight excluding hydrogens is 355 g/mol. The number of halogens is 3. The highest BCUT2D eigenvalue weighted by Crippen LogP contribution is 2.36. The number of ether oxygens (including phenoxy) is 2. The van der Waals surface area contributed by atoms with Crippen molar-refractivity contribution in [2.75, 3.05) is 13.2 Å². The second kappa shape index (κ2) is 7.94. The second-order valence-corrected chi connectivity index (χ2v) is 6.21. The van der Waals surface area contributed by atoms with Gasteiger partial charge in [-0.05, 0) is 31.9 Å². The van der Waals surface area contributed by atoms with E-state index in [1.807, 2.05) is 0 Å². The minimum atomic E-state index is -4.61. The first-order valence-electron chi connectivity index (χ1n) is 8.07. The van der Waals surface area contributed by atoms with E-state index in [0.717, 1.165) is 12.1 Å². The van der Waals surface area contributed by atoms with Crippen LogP contribution in [0.1, 0.15) is 31.7 Å². The van der Waals surface area contributed by atoms with E-state index in [2.05, 4.69) is 5.32 Å². The normalized spacial score (nSPS) is 18.0. The first-order chi connectivity index (χ1) is 12.1. The largest absolute Gasteiger partial charge is 0.481 e. The third kappa shape index (κ3) is 5.10. The molecule has 6 nitrogen and oxygen atoms in total. The van der Waals surface area contributed by atoms with Crippen molar-refractivity contribution in [1.29, 1.82) is 0 Å². The zero-order valence-corrected chi connectivity index (χ0v) is 14.1. The van der Waals surface area contributed by atoms with Gasteiger partial charge in [0.1, 0.15) is 5.75 Å². The Balaban J connectivity index is 2.11. The highest BCUT2D eigenvalue weighted by Gasteiger charge is 2.38. The van der Waals surface area contributed by atoms with Crippen LogP contribution in [-0.4, -0.2) is 41.8 Å². The number of hydrogen-bond donors (Lipinski definition) is 2. The van der Waals surface area contributed by atoms with Gasteiger partial charge in [0.25, 0.3) is 5.91 Å². The van der Waals surface area contributed by atoms with E-state index >= 15 is 0 Å². The van der Waals surface area contributed by atoms with Crippen LogP contribution in [0.5, 0.6) is 5.75 Å². The van der Waals surface area contributed by atoms with Gasteiger partial charge in [0.05, 0.1) is 17.5 Å². The summed E-state index contributed by atoms with van der Waals surface area (Å²) in [6.07, 6.45) is -5.54. The lowest BCUT2D eigenvalue weighted by molar-refractivity contribution is -0.143. The van der Waals surface area contributed by atoms with Gasteiger partial charge in [0, 0.05) is 13.2 Å². The van der Waals surface area contributed by atoms with Gasteiger partial charge in [-0.25, -0.2) is 0 Å². The van der Waals surface area contributed by atoms with Crippen LogP contribution in [0, 0.1) is 0 Å². The SMILES string of the molecule is CC(Oc1ccccc1C(F)(F)F)C(=O)NC1(CC(=O)O)CCOCC1. The van der Waals surface area contributed by atoms with Gasteiger partial charge >= 0.3 is 12.1 Å². The van der Waals surface area contributed by atoms with Gasteiger partial charge in [0.15, 0.2) is 6.10 Å². The molecule has 1 aliphatic heterocycles. The molecule has 0 bridgehead atoms. The van der Waals surface area contributed by atoms with Crippen LogP contribution in [0.3, 0.4) is 0 Å². The zero-order valence-electron chi connectivity index (χ0n) is 14.1. The van der Waals surface area contributed by atoms with Crippen molar-refractivity contribution in [3.63, 3.8) is 0 Å². The van der Waals surface area contributed by atoms with Gasteiger partial charge < -0.3 is 19.9 Å². The second-order valence-electron chi connectivity index (χ2n) is 6.21. The summed E-state index contributed by atoms with van der Waals surface area (Å²) in [7, 11) is 0. The molecule has 0 aromatic heterocycles. The fourth-order valence-corrected chi connectivity index (χ4v) is 2.81. The number of para-hydroxylation sites is 1. The predicted molar refractivity (Wildman–Crippen MR) is 84.7 cm³/mol. The molecule has 1 saturated heterocycles. The maximum atomic E-state index is 13.0. The summed E-state index contributed by atoms with van der Waals surface area (Å²) >= 11 is 0. The number of carboxylic acids is 1. The third-order valence-corrected chi connectivity index (χ3v) is 4.19. The van der Waals surface area contributed by atoms with Crippen molar-refractivity contribution >= 4 is 11.9 Å². The minimum absolute atomic E-state index is 0.291. The van der Waals surface area contributed by atoms with Crippen LogP contribution >= 0.6 is 0 Å². The van der Waals surface area contributed by atoms with Crippen LogP contribution in [0.4, 0.5) is 13.2 Å². The van der Waals surface area contributed by atoms with E-state index in [9.17, 15) is 22.8 Å². The number of alkyl halides is 3. The lowest BCUT2D eigenvalue weighted by Crippen LogP contribution is -2.56. The number of rotatable bonds is 6. The molecule has 1 fully saturated rings. The lowest BCUT2D eigenvalue weighted by atomic mass is 9.86. The molecule has 1 unspecified atom stereocenters. The number of hydrogen-bond acceptors (Lipinski definition) is 4. The summed E-state index contributed by atoms with van der Waals surface area (Å²) in [4.78, 5) is 23.5. The highest BCUT2D eigenvalue weighted by atomic mass is 19.4. The Bertz CT molecular complexity index is 656. The van der Waals surface area contributed by atoms with E-state index in [4.69, 9.17) is 14.6 Å². The smallest absolute Gasteiger partial charge is 0.419 e. The summed E-state index contributed by atoms with van der Waals surface area (Å²) in [6.45, 7) is 1.90. The fraction of sp³-hybridized carbons (Fsp3) is 0.529. The van der Waals surface area contributed by atoms with Crippen molar-refractivity contribution < 1.29 is 37.3 Å². The average molecular weight is 375 g/mol. The first-order valence-corrected chi connectivity index (χ1v) is 8.07. The molecule has 1 heterocycles. The van der Waals surface area contributed by atoms with Crippen LogP contribution in [0.15, 0.2) is 24.3 Å². The van der Waals surface area contributed by atoms with Crippen LogP contribution in [0.25, 0.3) is 0 Å². The molecule has 2 N–H and O–H groups in total. The Labute approximate surface area is 148 Å². The molecule has 1 atom stereocenters. The topological polar surface area (TPSA) is 84.9 Å². The Morgan fingerprint density at radius 2 is 1.92 bits per heavy atom. The van der Waals surface area contributed by atoms with Gasteiger partial charge in [-0.1, -0.05) is 12.1 Å². The Morgan fingerprint density at radius 1 is 1.31 bits per heavy atom. The van der Waals surface area contributed by atoms with E-state index in [1.54, 1.807) is 0 Å². The molecule has 1 aliphatic rings. The first kappa shape index (κ1) is 20.0. The highest BCUT2D eigenvalue weighted by molar-refractivity contribution is 5.82. The summed E-state index contributed by atoms with van der Waals surface area (Å²) in [6, 6.07) is 4.60. The maximum absolute atomic E-state index is 13.0. The average Bonchev–Trinajstić information content (AvgIpc) is 2.54. The van der Waals surface area contributed by atoms with E-state index in [0.29, 0.717) is 26.1 Å². The van der Waals surface area contributed by atoms with Gasteiger partial charge in [0.2, 0.25) is 0 Å². The van der Waals surface area contributed by atoms with Crippen molar-refractivity contribution in [1.82, 2.24) is 5.32 Å². The van der Waals surface area contributed by atoms with Crippen molar-refractivity contribution in [3.8, 4) is 5.75 Å². The molecule has 144 valence electrons. The molecule has 0 saturated carbocycles. The molecule has 9 heteroatoms. The Hall–Kier alpha value is -2.29. The molecule has 0 radical (unpaired) electrons. The number of carboxylic acid groups (broad SMARTS) is 1. The molecule has 1 amide bonds. The van der Waals surface area contributed by atoms with Gasteiger partial charge in [-0.3, -0.25) is 9.59 Å². The molecule has 0 aliphatic carbocycles. The van der Waals surface area contributed by atoms with E-state index in [-0.39, 0.29) is 6.42 Å². The van der Waals surface area contributed by atoms with Crippen LogP contribution in [-0.2, 0) is 20.5 Å². The van der Waals surface area contributed by atoms with Crippen LogP contribution < -0.4 is 10.1 Å². The number of carbonyl (C=O) groups excluding carboxylic acids is 1.